The molecule has 2 N–H and O–H groups in total. The summed E-state index contributed by atoms with van der Waals surface area (Å²) in [4.78, 5) is 0. The molecule has 0 amide bonds. The van der Waals surface area contributed by atoms with Gasteiger partial charge in [-0.15, -0.1) is 10.2 Å². The van der Waals surface area contributed by atoms with E-state index in [0.29, 0.717) is 12.2 Å². The monoisotopic (exact) mass is 368 g/mol. The molecule has 3 rings (SSSR count). The van der Waals surface area contributed by atoms with Crippen LogP contribution in [-0.2, 0) is 16.4 Å². The molecule has 0 bridgehead atoms. The van der Waals surface area contributed by atoms with Crippen LogP contribution in [-0.4, -0.2) is 24.4 Å². The topological polar surface area (TPSA) is 84.0 Å². The Bertz CT molecular complexity index is 941. The molecule has 26 heavy (non-hydrogen) atoms. The number of hydrogen-bond donors (Lipinski definition) is 2. The van der Waals surface area contributed by atoms with Gasteiger partial charge in [0.05, 0.1) is 5.75 Å². The average molecular weight is 368 g/mol. The molecule has 2 aromatic carbocycles. The lowest BCUT2D eigenvalue weighted by Gasteiger charge is -2.08. The lowest BCUT2D eigenvalue weighted by Crippen LogP contribution is -2.19. The Kier molecular flexibility index (Phi) is 5.48. The van der Waals surface area contributed by atoms with Crippen molar-refractivity contribution in [1.29, 1.82) is 0 Å². The molecule has 0 aliphatic carbocycles. The molecule has 0 aliphatic rings. The summed E-state index contributed by atoms with van der Waals surface area (Å²) in [6, 6.07) is 20.6. The van der Waals surface area contributed by atoms with E-state index < -0.39 is 10.0 Å². The fourth-order valence-corrected chi connectivity index (χ4v) is 3.38. The second kappa shape index (κ2) is 7.97. The second-order valence-electron chi connectivity index (χ2n) is 5.95. The molecule has 7 heteroatoms. The van der Waals surface area contributed by atoms with E-state index in [1.54, 1.807) is 12.1 Å². The molecule has 0 saturated heterocycles. The fraction of sp³-hybridized carbons (Fsp3) is 0.158. The summed E-state index contributed by atoms with van der Waals surface area (Å²) >= 11 is 0. The van der Waals surface area contributed by atoms with Crippen LogP contribution in [0.25, 0.3) is 0 Å². The van der Waals surface area contributed by atoms with Crippen molar-refractivity contribution < 1.29 is 8.42 Å². The number of nitrogens with one attached hydrogen (secondary N) is 2. The second-order valence-corrected chi connectivity index (χ2v) is 7.79. The highest BCUT2D eigenvalue weighted by atomic mass is 32.2. The van der Waals surface area contributed by atoms with Crippen LogP contribution in [0.15, 0.2) is 66.7 Å². The Morgan fingerprint density at radius 1 is 0.846 bits per heavy atom. The largest absolute Gasteiger partial charge is 0.339 e. The number of benzene rings is 2. The van der Waals surface area contributed by atoms with Crippen LogP contribution in [0.3, 0.4) is 0 Å². The van der Waals surface area contributed by atoms with Gasteiger partial charge in [0.25, 0.3) is 0 Å². The van der Waals surface area contributed by atoms with Gasteiger partial charge in [-0.3, -0.25) is 4.72 Å². The van der Waals surface area contributed by atoms with Crippen molar-refractivity contribution >= 4 is 27.3 Å². The highest BCUT2D eigenvalue weighted by molar-refractivity contribution is 7.92. The summed E-state index contributed by atoms with van der Waals surface area (Å²) in [5, 5.41) is 11.1. The van der Waals surface area contributed by atoms with Crippen molar-refractivity contribution in [2.75, 3.05) is 15.8 Å². The third kappa shape index (κ3) is 5.29. The molecule has 1 heterocycles. The van der Waals surface area contributed by atoms with Crippen molar-refractivity contribution in [3.63, 3.8) is 0 Å². The van der Waals surface area contributed by atoms with Gasteiger partial charge in [0.2, 0.25) is 10.0 Å². The number of aryl methyl sites for hydroxylation is 2. The molecular formula is C19H20N4O2S. The predicted molar refractivity (Wildman–Crippen MR) is 104 cm³/mol. The summed E-state index contributed by atoms with van der Waals surface area (Å²) < 4.78 is 26.8. The molecule has 0 atom stereocenters. The minimum Gasteiger partial charge on any atom is -0.339 e. The Labute approximate surface area is 153 Å². The standard InChI is InChI=1S/C19H20N4O2S/c1-15-7-9-17(10-8-15)20-18-11-12-19(22-21-18)23-26(24,25)14-13-16-5-3-2-4-6-16/h2-12H,13-14H2,1H3,(H,20,21)(H,22,23). The van der Waals surface area contributed by atoms with E-state index >= 15 is 0 Å². The lowest BCUT2D eigenvalue weighted by atomic mass is 10.2. The van der Waals surface area contributed by atoms with Crippen molar-refractivity contribution in [1.82, 2.24) is 10.2 Å². The molecule has 0 spiro atoms. The lowest BCUT2D eigenvalue weighted by molar-refractivity contribution is 0.600. The van der Waals surface area contributed by atoms with Crippen LogP contribution in [0, 0.1) is 6.92 Å². The normalized spacial score (nSPS) is 11.1. The van der Waals surface area contributed by atoms with E-state index in [2.05, 4.69) is 20.2 Å². The van der Waals surface area contributed by atoms with E-state index in [4.69, 9.17) is 0 Å². The van der Waals surface area contributed by atoms with Crippen molar-refractivity contribution in [3.05, 3.63) is 77.9 Å². The first-order valence-electron chi connectivity index (χ1n) is 8.22. The van der Waals surface area contributed by atoms with Crippen LogP contribution in [0.1, 0.15) is 11.1 Å². The molecule has 0 fully saturated rings. The van der Waals surface area contributed by atoms with Gasteiger partial charge in [-0.25, -0.2) is 8.42 Å². The van der Waals surface area contributed by atoms with E-state index in [-0.39, 0.29) is 11.6 Å². The predicted octanol–water partition coefficient (Wildman–Crippen LogP) is 3.51. The average Bonchev–Trinajstić information content (AvgIpc) is 2.64. The number of rotatable bonds is 7. The maximum atomic E-state index is 12.2. The molecule has 0 aliphatic heterocycles. The Balaban J connectivity index is 1.58. The van der Waals surface area contributed by atoms with Gasteiger partial charge >= 0.3 is 0 Å². The fourth-order valence-electron chi connectivity index (χ4n) is 2.35. The Hall–Kier alpha value is -2.93. The minimum absolute atomic E-state index is 0.0118. The highest BCUT2D eigenvalue weighted by Gasteiger charge is 2.12. The molecule has 0 radical (unpaired) electrons. The minimum atomic E-state index is -3.48. The van der Waals surface area contributed by atoms with Gasteiger partial charge in [0, 0.05) is 5.69 Å². The molecule has 6 nitrogen and oxygen atoms in total. The quantitative estimate of drug-likeness (QED) is 0.667. The molecule has 3 aromatic rings. The van der Waals surface area contributed by atoms with E-state index in [1.165, 1.54) is 5.56 Å². The van der Waals surface area contributed by atoms with Crippen LogP contribution in [0.4, 0.5) is 17.3 Å². The highest BCUT2D eigenvalue weighted by Crippen LogP contribution is 2.16. The first-order valence-corrected chi connectivity index (χ1v) is 9.87. The van der Waals surface area contributed by atoms with Gasteiger partial charge < -0.3 is 5.32 Å². The third-order valence-electron chi connectivity index (χ3n) is 3.75. The van der Waals surface area contributed by atoms with Crippen molar-refractivity contribution in [3.8, 4) is 0 Å². The number of sulfonamides is 1. The summed E-state index contributed by atoms with van der Waals surface area (Å²) in [7, 11) is -3.48. The van der Waals surface area contributed by atoms with Crippen LogP contribution < -0.4 is 10.0 Å². The Morgan fingerprint density at radius 3 is 2.15 bits per heavy atom. The number of anilines is 3. The summed E-state index contributed by atoms with van der Waals surface area (Å²) in [5.41, 5.74) is 3.03. The van der Waals surface area contributed by atoms with Gasteiger partial charge in [-0.2, -0.15) is 0 Å². The smallest absolute Gasteiger partial charge is 0.234 e. The first kappa shape index (κ1) is 17.9. The SMILES string of the molecule is Cc1ccc(Nc2ccc(NS(=O)(=O)CCc3ccccc3)nn2)cc1. The molecule has 0 saturated carbocycles. The van der Waals surface area contributed by atoms with Crippen molar-refractivity contribution in [2.24, 2.45) is 0 Å². The molecule has 134 valence electrons. The number of nitrogens with zero attached hydrogens (tertiary/aromatic N) is 2. The maximum absolute atomic E-state index is 12.2. The summed E-state index contributed by atoms with van der Waals surface area (Å²) in [5.74, 6) is 0.732. The van der Waals surface area contributed by atoms with Gasteiger partial charge in [0.1, 0.15) is 0 Å². The molecular weight excluding hydrogens is 348 g/mol. The van der Waals surface area contributed by atoms with Crippen LogP contribution >= 0.6 is 0 Å². The Morgan fingerprint density at radius 2 is 1.50 bits per heavy atom. The summed E-state index contributed by atoms with van der Waals surface area (Å²) in [6.07, 6.45) is 0.441. The van der Waals surface area contributed by atoms with Gasteiger partial charge in [-0.1, -0.05) is 48.0 Å². The van der Waals surface area contributed by atoms with Crippen LogP contribution in [0.5, 0.6) is 0 Å². The molecule has 0 unspecified atom stereocenters. The van der Waals surface area contributed by atoms with E-state index in [1.807, 2.05) is 61.5 Å². The zero-order valence-electron chi connectivity index (χ0n) is 14.4. The summed E-state index contributed by atoms with van der Waals surface area (Å²) in [6.45, 7) is 2.02. The maximum Gasteiger partial charge on any atom is 0.234 e. The number of hydrogen-bond acceptors (Lipinski definition) is 5. The van der Waals surface area contributed by atoms with Gasteiger partial charge in [0.15, 0.2) is 11.6 Å². The van der Waals surface area contributed by atoms with Gasteiger partial charge in [-0.05, 0) is 43.2 Å². The molecule has 1 aromatic heterocycles. The zero-order chi connectivity index (χ0) is 18.4. The van der Waals surface area contributed by atoms with Crippen LogP contribution in [0.2, 0.25) is 0 Å². The zero-order valence-corrected chi connectivity index (χ0v) is 15.2. The third-order valence-corrected chi connectivity index (χ3v) is 5.01. The van der Waals surface area contributed by atoms with E-state index in [9.17, 15) is 8.42 Å². The number of aromatic nitrogens is 2. The van der Waals surface area contributed by atoms with E-state index in [0.717, 1.165) is 11.3 Å². The van der Waals surface area contributed by atoms with Crippen molar-refractivity contribution in [2.45, 2.75) is 13.3 Å². The first-order chi connectivity index (χ1) is 12.5.